The Morgan fingerprint density at radius 3 is 2.63 bits per heavy atom. The van der Waals surface area contributed by atoms with Gasteiger partial charge in [0.1, 0.15) is 5.82 Å². The number of hydrogen-bond donors (Lipinski definition) is 2. The van der Waals surface area contributed by atoms with Crippen LogP contribution in [-0.4, -0.2) is 46.2 Å². The number of carbonyl (C=O) groups is 1. The van der Waals surface area contributed by atoms with Crippen LogP contribution < -0.4 is 5.73 Å². The minimum absolute atomic E-state index is 0.0861. The maximum absolute atomic E-state index is 12.4. The lowest BCUT2D eigenvalue weighted by atomic mass is 9.90. The van der Waals surface area contributed by atoms with Crippen LogP contribution in [0.25, 0.3) is 11.0 Å². The van der Waals surface area contributed by atoms with Gasteiger partial charge in [0.2, 0.25) is 0 Å². The monoisotopic (exact) mass is 556 g/mol. The van der Waals surface area contributed by atoms with Gasteiger partial charge in [-0.2, -0.15) is 0 Å². The van der Waals surface area contributed by atoms with Crippen molar-refractivity contribution in [3.05, 3.63) is 61.8 Å². The van der Waals surface area contributed by atoms with Crippen molar-refractivity contribution in [2.24, 2.45) is 5.73 Å². The summed E-state index contributed by atoms with van der Waals surface area (Å²) in [7, 11) is 3.99. The number of aromatic nitrogens is 2. The van der Waals surface area contributed by atoms with Crippen LogP contribution in [0, 0.1) is 0 Å². The molecule has 160 valence electrons. The fraction of sp³-hybridized carbons (Fsp3) is 0.333. The molecule has 1 atom stereocenters. The van der Waals surface area contributed by atoms with Crippen LogP contribution in [0.2, 0.25) is 5.02 Å². The topological polar surface area (TPSA) is 84.4 Å². The van der Waals surface area contributed by atoms with E-state index in [2.05, 4.69) is 41.7 Å². The molecule has 0 radical (unpaired) electrons. The second-order valence-electron chi connectivity index (χ2n) is 7.55. The average molecular weight is 559 g/mol. The third kappa shape index (κ3) is 4.73. The van der Waals surface area contributed by atoms with E-state index in [0.717, 1.165) is 27.5 Å². The molecule has 1 unspecified atom stereocenters. The van der Waals surface area contributed by atoms with Crippen molar-refractivity contribution in [2.45, 2.75) is 24.9 Å². The summed E-state index contributed by atoms with van der Waals surface area (Å²) in [4.78, 5) is 19.1. The summed E-state index contributed by atoms with van der Waals surface area (Å²) in [5, 5.41) is 10.7. The van der Waals surface area contributed by atoms with Crippen LogP contribution in [0.3, 0.4) is 0 Å². The molecule has 0 spiro atoms. The van der Waals surface area contributed by atoms with Crippen molar-refractivity contribution in [1.29, 1.82) is 0 Å². The highest BCUT2D eigenvalue weighted by atomic mass is 79.9. The van der Waals surface area contributed by atoms with E-state index in [1.165, 1.54) is 0 Å². The van der Waals surface area contributed by atoms with E-state index in [0.29, 0.717) is 28.4 Å². The van der Waals surface area contributed by atoms with E-state index >= 15 is 0 Å². The molecular weight excluding hydrogens is 536 g/mol. The predicted molar refractivity (Wildman–Crippen MR) is 127 cm³/mol. The Bertz CT molecular complexity index is 1090. The number of rotatable bonds is 8. The normalized spacial score (nSPS) is 13.7. The van der Waals surface area contributed by atoms with Crippen LogP contribution in [0.1, 0.15) is 17.8 Å². The summed E-state index contributed by atoms with van der Waals surface area (Å²) in [6, 6.07) is 11.0. The van der Waals surface area contributed by atoms with E-state index in [1.54, 1.807) is 12.1 Å². The van der Waals surface area contributed by atoms with Gasteiger partial charge in [-0.1, -0.05) is 23.7 Å². The molecule has 3 rings (SSSR count). The van der Waals surface area contributed by atoms with E-state index in [-0.39, 0.29) is 6.42 Å². The number of carboxylic acids is 1. The Morgan fingerprint density at radius 2 is 2.00 bits per heavy atom. The van der Waals surface area contributed by atoms with Crippen LogP contribution in [0.4, 0.5) is 0 Å². The first-order valence-corrected chi connectivity index (χ1v) is 11.4. The number of benzene rings is 2. The second-order valence-corrected chi connectivity index (χ2v) is 9.67. The SMILES string of the molecule is CN(C)CCCn1c(C(N)(Cc2ccc(Br)c(Br)c2)C(=O)O)nc2cccc(Cl)c21. The molecule has 0 saturated carbocycles. The minimum Gasteiger partial charge on any atom is -0.480 e. The number of hydrogen-bond acceptors (Lipinski definition) is 4. The lowest BCUT2D eigenvalue weighted by Crippen LogP contribution is -2.49. The van der Waals surface area contributed by atoms with Gasteiger partial charge >= 0.3 is 5.97 Å². The molecule has 0 aliphatic carbocycles. The van der Waals surface area contributed by atoms with Crippen LogP contribution >= 0.6 is 43.5 Å². The predicted octanol–water partition coefficient (Wildman–Crippen LogP) is 4.65. The van der Waals surface area contributed by atoms with Crippen LogP contribution in [0.5, 0.6) is 0 Å². The molecule has 0 amide bonds. The third-order valence-electron chi connectivity index (χ3n) is 4.95. The second kappa shape index (κ2) is 9.36. The summed E-state index contributed by atoms with van der Waals surface area (Å²) in [5.41, 5.74) is 6.98. The van der Waals surface area contributed by atoms with Crippen LogP contribution in [-0.2, 0) is 23.3 Å². The van der Waals surface area contributed by atoms with Crippen LogP contribution in [0.15, 0.2) is 45.3 Å². The quantitative estimate of drug-likeness (QED) is 0.421. The van der Waals surface area contributed by atoms with Gasteiger partial charge in [0.25, 0.3) is 0 Å². The first-order chi connectivity index (χ1) is 14.1. The maximum Gasteiger partial charge on any atom is 0.331 e. The number of aliphatic carboxylic acids is 1. The standard InChI is InChI=1S/C21H23Br2ClN4O2/c1-27(2)9-4-10-28-18-16(24)5-3-6-17(18)26-19(28)21(25,20(29)30)12-13-7-8-14(22)15(23)11-13/h3,5-8,11H,4,9-10,12,25H2,1-2H3,(H,29,30). The Morgan fingerprint density at radius 1 is 1.27 bits per heavy atom. The van der Waals surface area contributed by atoms with Gasteiger partial charge in [0.05, 0.1) is 16.1 Å². The molecule has 30 heavy (non-hydrogen) atoms. The zero-order chi connectivity index (χ0) is 22.1. The molecular formula is C21H23Br2ClN4O2. The lowest BCUT2D eigenvalue weighted by Gasteiger charge is -2.26. The largest absolute Gasteiger partial charge is 0.480 e. The number of carboxylic acid groups (broad SMARTS) is 1. The highest BCUT2D eigenvalue weighted by Crippen LogP contribution is 2.32. The summed E-state index contributed by atoms with van der Waals surface area (Å²) < 4.78 is 3.57. The number of imidazole rings is 1. The highest BCUT2D eigenvalue weighted by molar-refractivity contribution is 9.13. The van der Waals surface area contributed by atoms with Crippen molar-refractivity contribution < 1.29 is 9.90 Å². The number of aryl methyl sites for hydroxylation is 1. The number of fused-ring (bicyclic) bond motifs is 1. The molecule has 3 aromatic rings. The lowest BCUT2D eigenvalue weighted by molar-refractivity contribution is -0.144. The average Bonchev–Trinajstić information content (AvgIpc) is 3.05. The molecule has 0 aliphatic rings. The Kier molecular flexibility index (Phi) is 7.24. The zero-order valence-corrected chi connectivity index (χ0v) is 20.6. The molecule has 0 saturated heterocycles. The van der Waals surface area contributed by atoms with Crippen molar-refractivity contribution in [3.63, 3.8) is 0 Å². The number of para-hydroxylation sites is 1. The number of halogens is 3. The van der Waals surface area contributed by atoms with Gasteiger partial charge in [-0.25, -0.2) is 9.78 Å². The maximum atomic E-state index is 12.4. The fourth-order valence-electron chi connectivity index (χ4n) is 3.47. The molecule has 0 aliphatic heterocycles. The van der Waals surface area contributed by atoms with Gasteiger partial charge in [0, 0.05) is 21.9 Å². The summed E-state index contributed by atoms with van der Waals surface area (Å²) in [6.07, 6.45) is 0.888. The van der Waals surface area contributed by atoms with Crippen molar-refractivity contribution >= 4 is 60.5 Å². The first-order valence-electron chi connectivity index (χ1n) is 9.39. The van der Waals surface area contributed by atoms with E-state index < -0.39 is 11.5 Å². The van der Waals surface area contributed by atoms with Gasteiger partial charge in [-0.3, -0.25) is 0 Å². The fourth-order valence-corrected chi connectivity index (χ4v) is 4.41. The molecule has 2 aromatic carbocycles. The van der Waals surface area contributed by atoms with E-state index in [9.17, 15) is 9.90 Å². The van der Waals surface area contributed by atoms with E-state index in [1.807, 2.05) is 42.9 Å². The van der Waals surface area contributed by atoms with Gasteiger partial charge in [-0.15, -0.1) is 0 Å². The molecule has 9 heteroatoms. The molecule has 6 nitrogen and oxygen atoms in total. The van der Waals surface area contributed by atoms with Crippen molar-refractivity contribution in [2.75, 3.05) is 20.6 Å². The van der Waals surface area contributed by atoms with E-state index in [4.69, 9.17) is 17.3 Å². The van der Waals surface area contributed by atoms with Crippen molar-refractivity contribution in [3.8, 4) is 0 Å². The third-order valence-corrected chi connectivity index (χ3v) is 7.14. The summed E-state index contributed by atoms with van der Waals surface area (Å²) in [6.45, 7) is 1.40. The Balaban J connectivity index is 2.12. The number of nitrogens with two attached hydrogens (primary N) is 1. The zero-order valence-electron chi connectivity index (χ0n) is 16.7. The van der Waals surface area contributed by atoms with Gasteiger partial charge < -0.3 is 20.3 Å². The van der Waals surface area contributed by atoms with Crippen molar-refractivity contribution in [1.82, 2.24) is 14.5 Å². The first kappa shape index (κ1) is 23.2. The van der Waals surface area contributed by atoms with Gasteiger partial charge in [0.15, 0.2) is 5.54 Å². The molecule has 3 N–H and O–H groups in total. The Labute approximate surface area is 197 Å². The summed E-state index contributed by atoms with van der Waals surface area (Å²) in [5.74, 6) is -0.835. The minimum atomic E-state index is -1.71. The van der Waals surface area contributed by atoms with Gasteiger partial charge in [-0.05, 0) is 88.7 Å². The smallest absolute Gasteiger partial charge is 0.331 e. The highest BCUT2D eigenvalue weighted by Gasteiger charge is 2.41. The Hall–Kier alpha value is -1.45. The molecule has 1 aromatic heterocycles. The molecule has 0 bridgehead atoms. The summed E-state index contributed by atoms with van der Waals surface area (Å²) >= 11 is 13.4. The molecule has 1 heterocycles. The molecule has 0 fully saturated rings. The number of nitrogens with zero attached hydrogens (tertiary/aromatic N) is 3.